The predicted molar refractivity (Wildman–Crippen MR) is 89.7 cm³/mol. The largest absolute Gasteiger partial charge is 0.352 e. The van der Waals surface area contributed by atoms with E-state index in [-0.39, 0.29) is 42.5 Å². The molecule has 0 spiro atoms. The Morgan fingerprint density at radius 3 is 2.46 bits per heavy atom. The molecule has 1 aliphatic carbocycles. The maximum Gasteiger partial charge on any atom is 0.233 e. The standard InChI is InChI=1S/C19H22N2O3/c1-13-5-4-6-14(11-13)12-20-17(22)9-10-21-18(23)15-7-2-3-8-16(15)19(21)24/h2-6,11,15-16H,7-10,12H2,1H3,(H,20,22)/t15-,16+. The number of aryl methyl sites for hydroxylation is 1. The van der Waals surface area contributed by atoms with E-state index in [4.69, 9.17) is 0 Å². The Labute approximate surface area is 141 Å². The summed E-state index contributed by atoms with van der Waals surface area (Å²) in [5.41, 5.74) is 2.18. The van der Waals surface area contributed by atoms with Crippen molar-refractivity contribution in [2.24, 2.45) is 11.8 Å². The van der Waals surface area contributed by atoms with Crippen LogP contribution >= 0.6 is 0 Å². The molecule has 3 amide bonds. The fraction of sp³-hybridized carbons (Fsp3) is 0.421. The molecular weight excluding hydrogens is 304 g/mol. The molecule has 126 valence electrons. The van der Waals surface area contributed by atoms with Gasteiger partial charge < -0.3 is 5.32 Å². The number of nitrogens with zero attached hydrogens (tertiary/aromatic N) is 1. The van der Waals surface area contributed by atoms with Gasteiger partial charge in [-0.05, 0) is 25.3 Å². The van der Waals surface area contributed by atoms with Gasteiger partial charge in [0.2, 0.25) is 17.7 Å². The number of nitrogens with one attached hydrogen (secondary N) is 1. The van der Waals surface area contributed by atoms with Gasteiger partial charge in [-0.3, -0.25) is 19.3 Å². The molecule has 5 heteroatoms. The Hall–Kier alpha value is -2.43. The smallest absolute Gasteiger partial charge is 0.233 e. The Morgan fingerprint density at radius 1 is 1.17 bits per heavy atom. The number of hydrogen-bond acceptors (Lipinski definition) is 3. The second kappa shape index (κ2) is 6.99. The molecule has 0 aromatic heterocycles. The molecule has 24 heavy (non-hydrogen) atoms. The lowest BCUT2D eigenvalue weighted by atomic mass is 9.85. The van der Waals surface area contributed by atoms with Gasteiger partial charge in [0.05, 0.1) is 11.8 Å². The summed E-state index contributed by atoms with van der Waals surface area (Å²) in [6, 6.07) is 7.93. The maximum absolute atomic E-state index is 12.3. The summed E-state index contributed by atoms with van der Waals surface area (Å²) in [7, 11) is 0. The van der Waals surface area contributed by atoms with Gasteiger partial charge in [-0.1, -0.05) is 42.0 Å². The van der Waals surface area contributed by atoms with Crippen molar-refractivity contribution in [3.63, 3.8) is 0 Å². The zero-order valence-electron chi connectivity index (χ0n) is 13.8. The Bertz CT molecular complexity index is 670. The van der Waals surface area contributed by atoms with Crippen molar-refractivity contribution >= 4 is 17.7 Å². The van der Waals surface area contributed by atoms with Crippen LogP contribution in [0.4, 0.5) is 0 Å². The van der Waals surface area contributed by atoms with Gasteiger partial charge in [-0.2, -0.15) is 0 Å². The normalized spacial score (nSPS) is 22.6. The second-order valence-corrected chi connectivity index (χ2v) is 6.50. The lowest BCUT2D eigenvalue weighted by Gasteiger charge is -2.14. The van der Waals surface area contributed by atoms with Gasteiger partial charge in [0, 0.05) is 19.5 Å². The minimum Gasteiger partial charge on any atom is -0.352 e. The SMILES string of the molecule is Cc1cccc(CNC(=O)CCN2C(=O)[C@H]3CC=CC[C@H]3C2=O)c1. The van der Waals surface area contributed by atoms with E-state index in [1.54, 1.807) is 0 Å². The van der Waals surface area contributed by atoms with Gasteiger partial charge in [-0.25, -0.2) is 0 Å². The van der Waals surface area contributed by atoms with Gasteiger partial charge >= 0.3 is 0 Å². The van der Waals surface area contributed by atoms with E-state index in [1.165, 1.54) is 4.90 Å². The number of allylic oxidation sites excluding steroid dienone is 2. The fourth-order valence-corrected chi connectivity index (χ4v) is 3.41. The highest BCUT2D eigenvalue weighted by Gasteiger charge is 2.46. The summed E-state index contributed by atoms with van der Waals surface area (Å²) < 4.78 is 0. The summed E-state index contributed by atoms with van der Waals surface area (Å²) in [6.45, 7) is 2.63. The first-order valence-electron chi connectivity index (χ1n) is 8.38. The zero-order valence-corrected chi connectivity index (χ0v) is 13.8. The third-order valence-electron chi connectivity index (χ3n) is 4.73. The highest BCUT2D eigenvalue weighted by atomic mass is 16.2. The average Bonchev–Trinajstić information content (AvgIpc) is 2.83. The van der Waals surface area contributed by atoms with Gasteiger partial charge in [0.25, 0.3) is 0 Å². The summed E-state index contributed by atoms with van der Waals surface area (Å²) >= 11 is 0. The molecule has 1 aromatic rings. The lowest BCUT2D eigenvalue weighted by molar-refractivity contribution is -0.140. The highest BCUT2D eigenvalue weighted by molar-refractivity contribution is 6.05. The molecule has 0 unspecified atom stereocenters. The van der Waals surface area contributed by atoms with Crippen LogP contribution in [0.2, 0.25) is 0 Å². The van der Waals surface area contributed by atoms with Crippen LogP contribution in [0.5, 0.6) is 0 Å². The van der Waals surface area contributed by atoms with Crippen LogP contribution in [0.3, 0.4) is 0 Å². The molecule has 3 rings (SSSR count). The van der Waals surface area contributed by atoms with E-state index in [2.05, 4.69) is 5.32 Å². The average molecular weight is 326 g/mol. The van der Waals surface area contributed by atoms with E-state index in [0.29, 0.717) is 19.4 Å². The van der Waals surface area contributed by atoms with E-state index in [0.717, 1.165) is 11.1 Å². The molecule has 0 saturated carbocycles. The summed E-state index contributed by atoms with van der Waals surface area (Å²) in [4.78, 5) is 37.9. The number of rotatable bonds is 5. The molecule has 1 heterocycles. The number of amides is 3. The second-order valence-electron chi connectivity index (χ2n) is 6.50. The number of carbonyl (C=O) groups excluding carboxylic acids is 3. The Kier molecular flexibility index (Phi) is 4.79. The van der Waals surface area contributed by atoms with E-state index in [1.807, 2.05) is 43.3 Å². The topological polar surface area (TPSA) is 66.5 Å². The van der Waals surface area contributed by atoms with Crippen LogP contribution in [0.1, 0.15) is 30.4 Å². The number of carbonyl (C=O) groups is 3. The number of hydrogen-bond donors (Lipinski definition) is 1. The molecule has 0 bridgehead atoms. The lowest BCUT2D eigenvalue weighted by Crippen LogP contribution is -2.35. The molecule has 1 fully saturated rings. The number of likely N-dealkylation sites (tertiary alicyclic amines) is 1. The summed E-state index contributed by atoms with van der Waals surface area (Å²) in [6.07, 6.45) is 5.33. The quantitative estimate of drug-likeness (QED) is 0.664. The minimum absolute atomic E-state index is 0.124. The van der Waals surface area contributed by atoms with Gasteiger partial charge in [-0.15, -0.1) is 0 Å². The third-order valence-corrected chi connectivity index (χ3v) is 4.73. The Morgan fingerprint density at radius 2 is 1.83 bits per heavy atom. The van der Waals surface area contributed by atoms with E-state index in [9.17, 15) is 14.4 Å². The molecule has 1 aromatic carbocycles. The monoisotopic (exact) mass is 326 g/mol. The number of imide groups is 1. The predicted octanol–water partition coefficient (Wildman–Crippen LogP) is 1.95. The number of benzene rings is 1. The third kappa shape index (κ3) is 3.40. The molecule has 1 aliphatic heterocycles. The van der Waals surface area contributed by atoms with Crippen molar-refractivity contribution in [3.05, 3.63) is 47.5 Å². The van der Waals surface area contributed by atoms with Crippen LogP contribution in [-0.2, 0) is 20.9 Å². The molecule has 1 N–H and O–H groups in total. The van der Waals surface area contributed by atoms with Gasteiger partial charge in [0.15, 0.2) is 0 Å². The fourth-order valence-electron chi connectivity index (χ4n) is 3.41. The first-order valence-corrected chi connectivity index (χ1v) is 8.38. The molecule has 5 nitrogen and oxygen atoms in total. The molecule has 0 radical (unpaired) electrons. The maximum atomic E-state index is 12.3. The van der Waals surface area contributed by atoms with E-state index >= 15 is 0 Å². The first-order chi connectivity index (χ1) is 11.6. The van der Waals surface area contributed by atoms with Crippen molar-refractivity contribution in [2.45, 2.75) is 32.7 Å². The highest BCUT2D eigenvalue weighted by Crippen LogP contribution is 2.34. The van der Waals surface area contributed by atoms with Crippen LogP contribution in [0.15, 0.2) is 36.4 Å². The van der Waals surface area contributed by atoms with Crippen molar-refractivity contribution in [1.29, 1.82) is 0 Å². The van der Waals surface area contributed by atoms with Crippen molar-refractivity contribution in [2.75, 3.05) is 6.54 Å². The molecular formula is C19H22N2O3. The van der Waals surface area contributed by atoms with Crippen molar-refractivity contribution in [3.8, 4) is 0 Å². The van der Waals surface area contributed by atoms with Crippen LogP contribution in [0.25, 0.3) is 0 Å². The molecule has 2 atom stereocenters. The summed E-state index contributed by atoms with van der Waals surface area (Å²) in [5, 5.41) is 2.84. The van der Waals surface area contributed by atoms with Crippen molar-refractivity contribution in [1.82, 2.24) is 10.2 Å². The van der Waals surface area contributed by atoms with Crippen LogP contribution in [-0.4, -0.2) is 29.2 Å². The molecule has 1 saturated heterocycles. The summed E-state index contributed by atoms with van der Waals surface area (Å²) in [5.74, 6) is -0.845. The Balaban J connectivity index is 1.49. The number of fused-ring (bicyclic) bond motifs is 1. The zero-order chi connectivity index (χ0) is 17.1. The minimum atomic E-state index is -0.224. The molecule has 2 aliphatic rings. The van der Waals surface area contributed by atoms with E-state index < -0.39 is 0 Å². The van der Waals surface area contributed by atoms with Crippen molar-refractivity contribution < 1.29 is 14.4 Å². The van der Waals surface area contributed by atoms with Crippen LogP contribution < -0.4 is 5.32 Å². The first kappa shape index (κ1) is 16.4. The van der Waals surface area contributed by atoms with Crippen LogP contribution in [0, 0.1) is 18.8 Å². The van der Waals surface area contributed by atoms with Gasteiger partial charge in [0.1, 0.15) is 0 Å².